The number of aliphatic hydroxyl groups is 1. The zero-order chi connectivity index (χ0) is 76.0. The Morgan fingerprint density at radius 1 is 0.279 bits per heavy atom. The predicted molar refractivity (Wildman–Crippen MR) is 427 cm³/mol. The molecule has 0 aliphatic rings. The Kier molecular flexibility index (Phi) is 72.0. The summed E-state index contributed by atoms with van der Waals surface area (Å²) in [6.45, 7) is 4.40. The molecule has 19 heteroatoms. The number of esters is 4. The molecule has 5 unspecified atom stereocenters. The van der Waals surface area contributed by atoms with Crippen molar-refractivity contribution in [2.75, 3.05) is 39.6 Å². The van der Waals surface area contributed by atoms with Crippen molar-refractivity contribution in [3.05, 3.63) is 158 Å². The minimum absolute atomic E-state index is 0.0333. The molecule has 0 rings (SSSR count). The molecule has 0 amide bonds. The lowest BCUT2D eigenvalue weighted by Gasteiger charge is -2.21. The summed E-state index contributed by atoms with van der Waals surface area (Å²) >= 11 is 0. The smallest absolute Gasteiger partial charge is 0.462 e. The lowest BCUT2D eigenvalue weighted by Crippen LogP contribution is -2.30. The van der Waals surface area contributed by atoms with Crippen LogP contribution in [0.15, 0.2) is 158 Å². The maximum atomic E-state index is 13.1. The minimum atomic E-state index is -5.00. The molecule has 3 N–H and O–H groups in total. The minimum Gasteiger partial charge on any atom is -0.462 e. The lowest BCUT2D eigenvalue weighted by molar-refractivity contribution is -0.161. The molecule has 0 bridgehead atoms. The van der Waals surface area contributed by atoms with Crippen LogP contribution in [-0.2, 0) is 65.4 Å². The molecule has 104 heavy (non-hydrogen) atoms. The van der Waals surface area contributed by atoms with E-state index in [2.05, 4.69) is 167 Å². The highest BCUT2D eigenvalue weighted by Crippen LogP contribution is 2.45. The molecular weight excluding hydrogens is 1350 g/mol. The molecule has 0 aliphatic heterocycles. The summed E-state index contributed by atoms with van der Waals surface area (Å²) in [5, 5.41) is 10.6. The van der Waals surface area contributed by atoms with Crippen LogP contribution in [0.4, 0.5) is 0 Å². The largest absolute Gasteiger partial charge is 0.472 e. The average molecular weight is 1500 g/mol. The SMILES string of the molecule is CC/C=C\C/C=C\C/C=C\C/C=C\C/C=C\C/C=C\CCC(=O)OCC(COP(=O)(O)OCC(O)COP(=O)(O)OCC(COC(=O)CCCCCC/C=C\C/C=C\C/C=C\C/C=C\CC)OC(=O)CCCCCCCCC/C=C\C/C=C\C/C=C\CC)OC(=O)CCCCCCCCCCCCC. The third kappa shape index (κ3) is 74.9. The fraction of sp³-hybridized carbons (Fsp3) is 0.647. The number of aliphatic hydroxyl groups excluding tert-OH is 1. The summed E-state index contributed by atoms with van der Waals surface area (Å²) in [5.41, 5.74) is 0. The molecule has 17 nitrogen and oxygen atoms in total. The molecule has 0 fully saturated rings. The van der Waals surface area contributed by atoms with E-state index in [1.54, 1.807) is 0 Å². The first kappa shape index (κ1) is 98.7. The van der Waals surface area contributed by atoms with Crippen molar-refractivity contribution in [1.82, 2.24) is 0 Å². The zero-order valence-electron chi connectivity index (χ0n) is 64.6. The Bertz CT molecular complexity index is 2590. The third-order valence-electron chi connectivity index (χ3n) is 16.0. The first-order chi connectivity index (χ1) is 50.7. The van der Waals surface area contributed by atoms with E-state index in [0.29, 0.717) is 32.1 Å². The van der Waals surface area contributed by atoms with Crippen LogP contribution < -0.4 is 0 Å². The molecule has 0 radical (unpaired) electrons. The lowest BCUT2D eigenvalue weighted by atomic mass is 10.1. The Morgan fingerprint density at radius 3 is 0.827 bits per heavy atom. The maximum absolute atomic E-state index is 13.1. The second-order valence-electron chi connectivity index (χ2n) is 25.9. The molecule has 0 spiro atoms. The van der Waals surface area contributed by atoms with Crippen molar-refractivity contribution in [3.8, 4) is 0 Å². The third-order valence-corrected chi connectivity index (χ3v) is 17.9. The molecule has 0 aromatic rings. The number of hydrogen-bond acceptors (Lipinski definition) is 15. The van der Waals surface area contributed by atoms with Gasteiger partial charge in [-0.3, -0.25) is 37.3 Å². The number of unbranched alkanes of at least 4 members (excludes halogenated alkanes) is 21. The van der Waals surface area contributed by atoms with Crippen molar-refractivity contribution in [2.24, 2.45) is 0 Å². The van der Waals surface area contributed by atoms with Gasteiger partial charge in [-0.05, 0) is 135 Å². The number of carbonyl (C=O) groups is 4. The van der Waals surface area contributed by atoms with Crippen LogP contribution in [0, 0.1) is 0 Å². The van der Waals surface area contributed by atoms with Crippen molar-refractivity contribution >= 4 is 39.5 Å². The normalized spacial score (nSPS) is 14.7. The van der Waals surface area contributed by atoms with E-state index in [4.69, 9.17) is 37.0 Å². The molecule has 0 aromatic heterocycles. The van der Waals surface area contributed by atoms with Crippen LogP contribution in [0.1, 0.15) is 297 Å². The highest BCUT2D eigenvalue weighted by Gasteiger charge is 2.30. The van der Waals surface area contributed by atoms with Gasteiger partial charge >= 0.3 is 39.5 Å². The number of allylic oxidation sites excluding steroid dienone is 26. The van der Waals surface area contributed by atoms with E-state index >= 15 is 0 Å². The standard InChI is InChI=1S/C85H140O17P2/c1-5-9-13-17-21-25-29-32-35-38-39-42-44-47-51-54-58-62-66-70-82(87)95-75-80(101-84(89)71-67-63-59-55-49-28-24-20-16-12-8-4)77-99-103(91,92)97-73-79(86)74-98-104(93,94)100-78-81(102-85(90)72-68-64-60-56-52-48-45-41-37-34-31-27-23-19-15-11-7-3)76-96-83(88)69-65-61-57-53-50-46-43-40-36-33-30-26-22-18-14-10-6-2/h9-11,13-15,21-23,25-27,32-37,39,42-43,46-47,51,58,62,79-81,86H,5-8,12,16-20,24,28-31,38,40-41,44-45,48-50,52-57,59-61,63-78H2,1-4H3,(H,91,92)(H,93,94)/b13-9-,14-10-,15-11-,25-21-,26-22-,27-23-,35-32-,36-33-,37-34-,42-39-,46-43-,51-47-,62-58-. The Balaban J connectivity index is 5.43. The number of rotatable bonds is 73. The number of ether oxygens (including phenoxy) is 4. The summed E-state index contributed by atoms with van der Waals surface area (Å²) in [5.74, 6) is -2.31. The van der Waals surface area contributed by atoms with Gasteiger partial charge in [-0.1, -0.05) is 295 Å². The average Bonchev–Trinajstić information content (AvgIpc) is 0.931. The van der Waals surface area contributed by atoms with Gasteiger partial charge in [-0.15, -0.1) is 0 Å². The molecule has 0 aliphatic carbocycles. The summed E-state index contributed by atoms with van der Waals surface area (Å²) in [7, 11) is -9.99. The fourth-order valence-corrected chi connectivity index (χ4v) is 11.7. The summed E-state index contributed by atoms with van der Waals surface area (Å²) in [6.07, 6.45) is 88.1. The number of hydrogen-bond donors (Lipinski definition) is 3. The molecule has 0 saturated heterocycles. The second kappa shape index (κ2) is 75.9. The van der Waals surface area contributed by atoms with E-state index in [0.717, 1.165) is 173 Å². The van der Waals surface area contributed by atoms with E-state index in [1.165, 1.54) is 38.5 Å². The van der Waals surface area contributed by atoms with Crippen LogP contribution in [-0.4, -0.2) is 96.7 Å². The van der Waals surface area contributed by atoms with Gasteiger partial charge in [0.05, 0.1) is 26.4 Å². The summed E-state index contributed by atoms with van der Waals surface area (Å²) in [6, 6.07) is 0. The van der Waals surface area contributed by atoms with Crippen LogP contribution >= 0.6 is 15.6 Å². The maximum Gasteiger partial charge on any atom is 0.472 e. The Morgan fingerprint density at radius 2 is 0.519 bits per heavy atom. The first-order valence-corrected chi connectivity index (χ1v) is 42.7. The van der Waals surface area contributed by atoms with Crippen LogP contribution in [0.2, 0.25) is 0 Å². The van der Waals surface area contributed by atoms with Crippen molar-refractivity contribution in [3.63, 3.8) is 0 Å². The first-order valence-electron chi connectivity index (χ1n) is 39.7. The van der Waals surface area contributed by atoms with Crippen molar-refractivity contribution in [1.29, 1.82) is 0 Å². The van der Waals surface area contributed by atoms with E-state index in [9.17, 15) is 43.2 Å². The Hall–Kier alpha value is -5.32. The van der Waals surface area contributed by atoms with E-state index < -0.39 is 97.5 Å². The molecule has 0 saturated carbocycles. The van der Waals surface area contributed by atoms with Gasteiger partial charge < -0.3 is 33.8 Å². The second-order valence-corrected chi connectivity index (χ2v) is 28.8. The highest BCUT2D eigenvalue weighted by molar-refractivity contribution is 7.47. The van der Waals surface area contributed by atoms with Gasteiger partial charge in [0, 0.05) is 25.7 Å². The van der Waals surface area contributed by atoms with Crippen molar-refractivity contribution < 1.29 is 80.2 Å². The van der Waals surface area contributed by atoms with Crippen LogP contribution in [0.3, 0.4) is 0 Å². The quantitative estimate of drug-likeness (QED) is 0.0169. The monoisotopic (exact) mass is 1490 g/mol. The van der Waals surface area contributed by atoms with Crippen molar-refractivity contribution in [2.45, 2.75) is 316 Å². The molecule has 0 aromatic carbocycles. The molecule has 5 atom stereocenters. The van der Waals surface area contributed by atoms with Gasteiger partial charge in [0.2, 0.25) is 0 Å². The number of carbonyl (C=O) groups excluding carboxylic acids is 4. The topological polar surface area (TPSA) is 237 Å². The molecule has 592 valence electrons. The fourth-order valence-electron chi connectivity index (χ4n) is 10.1. The zero-order valence-corrected chi connectivity index (χ0v) is 66.4. The summed E-state index contributed by atoms with van der Waals surface area (Å²) < 4.78 is 68.5. The van der Waals surface area contributed by atoms with E-state index in [-0.39, 0.29) is 25.7 Å². The van der Waals surface area contributed by atoms with Gasteiger partial charge in [0.1, 0.15) is 19.3 Å². The Labute approximate surface area is 629 Å². The van der Waals surface area contributed by atoms with Gasteiger partial charge in [-0.2, -0.15) is 0 Å². The highest BCUT2D eigenvalue weighted by atomic mass is 31.2. The number of phosphoric acid groups is 2. The van der Waals surface area contributed by atoms with Crippen LogP contribution in [0.5, 0.6) is 0 Å². The predicted octanol–water partition coefficient (Wildman–Crippen LogP) is 23.2. The van der Waals surface area contributed by atoms with Gasteiger partial charge in [0.15, 0.2) is 12.2 Å². The van der Waals surface area contributed by atoms with Gasteiger partial charge in [0.25, 0.3) is 0 Å². The van der Waals surface area contributed by atoms with Gasteiger partial charge in [-0.25, -0.2) is 9.13 Å². The summed E-state index contributed by atoms with van der Waals surface area (Å²) in [4.78, 5) is 73.0. The molecule has 0 heterocycles. The van der Waals surface area contributed by atoms with E-state index in [1.807, 2.05) is 18.2 Å². The van der Waals surface area contributed by atoms with Crippen LogP contribution in [0.25, 0.3) is 0 Å². The molecular formula is C85H140O17P2. The number of phosphoric ester groups is 2.